The number of halogens is 1. The van der Waals surface area contributed by atoms with E-state index in [9.17, 15) is 9.90 Å². The zero-order valence-corrected chi connectivity index (χ0v) is 12.8. The van der Waals surface area contributed by atoms with Crippen LogP contribution < -0.4 is 5.32 Å². The van der Waals surface area contributed by atoms with Crippen LogP contribution in [0.25, 0.3) is 0 Å². The smallest absolute Gasteiger partial charge is 0.255 e. The van der Waals surface area contributed by atoms with Crippen LogP contribution in [0.1, 0.15) is 22.3 Å². The average Bonchev–Trinajstić information content (AvgIpc) is 2.54. The van der Waals surface area contributed by atoms with Gasteiger partial charge in [0.15, 0.2) is 0 Å². The normalized spacial score (nSPS) is 10.4. The third-order valence-corrected chi connectivity index (χ3v) is 3.30. The second-order valence-corrected chi connectivity index (χ2v) is 5.25. The Kier molecular flexibility index (Phi) is 6.25. The largest absolute Gasteiger partial charge is 0.507 e. The molecule has 0 saturated heterocycles. The maximum absolute atomic E-state index is 11.9. The summed E-state index contributed by atoms with van der Waals surface area (Å²) in [6.45, 7) is 1.58. The standard InChI is InChI=1S/C17H18ClNO3/c18-14-7-8-16(20)15(11-14)17(21)19-9-4-10-22-12-13-5-2-1-3-6-13/h1-3,5-8,11,20H,4,9-10,12H2,(H,19,21). The molecule has 0 aliphatic rings. The van der Waals surface area contributed by atoms with Crippen molar-refractivity contribution in [3.8, 4) is 5.75 Å². The number of rotatable bonds is 7. The Balaban J connectivity index is 1.66. The number of phenols is 1. The number of benzene rings is 2. The van der Waals surface area contributed by atoms with Crippen LogP contribution in [-0.2, 0) is 11.3 Å². The number of aromatic hydroxyl groups is 1. The summed E-state index contributed by atoms with van der Waals surface area (Å²) in [7, 11) is 0. The van der Waals surface area contributed by atoms with Crippen LogP contribution in [0, 0.1) is 0 Å². The van der Waals surface area contributed by atoms with Gasteiger partial charge in [-0.3, -0.25) is 4.79 Å². The van der Waals surface area contributed by atoms with Gasteiger partial charge < -0.3 is 15.2 Å². The molecule has 1 amide bonds. The lowest BCUT2D eigenvalue weighted by Gasteiger charge is -2.08. The molecule has 22 heavy (non-hydrogen) atoms. The molecule has 0 aliphatic carbocycles. The van der Waals surface area contributed by atoms with Crippen LogP contribution in [0.5, 0.6) is 5.75 Å². The van der Waals surface area contributed by atoms with Gasteiger partial charge in [0.25, 0.3) is 5.91 Å². The predicted molar refractivity (Wildman–Crippen MR) is 86.2 cm³/mol. The van der Waals surface area contributed by atoms with E-state index in [1.807, 2.05) is 30.3 Å². The zero-order valence-electron chi connectivity index (χ0n) is 12.1. The van der Waals surface area contributed by atoms with E-state index in [1.54, 1.807) is 0 Å². The number of hydrogen-bond donors (Lipinski definition) is 2. The van der Waals surface area contributed by atoms with Crippen molar-refractivity contribution in [2.45, 2.75) is 13.0 Å². The molecule has 5 heteroatoms. The van der Waals surface area contributed by atoms with Crippen LogP contribution in [-0.4, -0.2) is 24.2 Å². The Hall–Kier alpha value is -2.04. The molecule has 0 heterocycles. The molecule has 0 bridgehead atoms. The Morgan fingerprint density at radius 2 is 1.95 bits per heavy atom. The number of phenolic OH excluding ortho intramolecular Hbond substituents is 1. The summed E-state index contributed by atoms with van der Waals surface area (Å²) in [4.78, 5) is 11.9. The van der Waals surface area contributed by atoms with Gasteiger partial charge in [0.1, 0.15) is 5.75 Å². The highest BCUT2D eigenvalue weighted by molar-refractivity contribution is 6.31. The van der Waals surface area contributed by atoms with E-state index in [4.69, 9.17) is 16.3 Å². The highest BCUT2D eigenvalue weighted by Gasteiger charge is 2.10. The van der Waals surface area contributed by atoms with Crippen molar-refractivity contribution in [1.82, 2.24) is 5.32 Å². The highest BCUT2D eigenvalue weighted by Crippen LogP contribution is 2.21. The number of carbonyl (C=O) groups is 1. The van der Waals surface area contributed by atoms with Crippen molar-refractivity contribution in [1.29, 1.82) is 0 Å². The van der Waals surface area contributed by atoms with Gasteiger partial charge >= 0.3 is 0 Å². The van der Waals surface area contributed by atoms with Crippen molar-refractivity contribution in [2.24, 2.45) is 0 Å². The molecule has 2 N–H and O–H groups in total. The molecule has 0 atom stereocenters. The fraction of sp³-hybridized carbons (Fsp3) is 0.235. The molecule has 116 valence electrons. The summed E-state index contributed by atoms with van der Waals surface area (Å²) >= 11 is 5.81. The predicted octanol–water partition coefficient (Wildman–Crippen LogP) is 3.38. The summed E-state index contributed by atoms with van der Waals surface area (Å²) in [5.41, 5.74) is 1.30. The van der Waals surface area contributed by atoms with Crippen LogP contribution in [0.15, 0.2) is 48.5 Å². The van der Waals surface area contributed by atoms with E-state index in [1.165, 1.54) is 18.2 Å². The van der Waals surface area contributed by atoms with E-state index in [0.717, 1.165) is 5.56 Å². The lowest BCUT2D eigenvalue weighted by Crippen LogP contribution is -2.25. The highest BCUT2D eigenvalue weighted by atomic mass is 35.5. The van der Waals surface area contributed by atoms with Crippen molar-refractivity contribution >= 4 is 17.5 Å². The quantitative estimate of drug-likeness (QED) is 0.769. The van der Waals surface area contributed by atoms with E-state index >= 15 is 0 Å². The molecule has 0 radical (unpaired) electrons. The molecule has 0 spiro atoms. The Morgan fingerprint density at radius 3 is 2.73 bits per heavy atom. The topological polar surface area (TPSA) is 58.6 Å². The fourth-order valence-corrected chi connectivity index (χ4v) is 2.10. The third-order valence-electron chi connectivity index (χ3n) is 3.07. The monoisotopic (exact) mass is 319 g/mol. The third kappa shape index (κ3) is 5.06. The number of nitrogens with one attached hydrogen (secondary N) is 1. The van der Waals surface area contributed by atoms with E-state index in [2.05, 4.69) is 5.32 Å². The maximum atomic E-state index is 11.9. The minimum Gasteiger partial charge on any atom is -0.507 e. The maximum Gasteiger partial charge on any atom is 0.255 e. The SMILES string of the molecule is O=C(NCCCOCc1ccccc1)c1cc(Cl)ccc1O. The lowest BCUT2D eigenvalue weighted by molar-refractivity contribution is 0.0932. The number of ether oxygens (including phenoxy) is 1. The van der Waals surface area contributed by atoms with Gasteiger partial charge in [0.2, 0.25) is 0 Å². The zero-order chi connectivity index (χ0) is 15.8. The van der Waals surface area contributed by atoms with Gasteiger partial charge in [-0.1, -0.05) is 41.9 Å². The molecule has 2 aromatic rings. The van der Waals surface area contributed by atoms with E-state index in [0.29, 0.717) is 31.2 Å². The second kappa shape index (κ2) is 8.41. The van der Waals surface area contributed by atoms with Gasteiger partial charge in [-0.2, -0.15) is 0 Å². The molecule has 0 aliphatic heterocycles. The fourth-order valence-electron chi connectivity index (χ4n) is 1.93. The van der Waals surface area contributed by atoms with Crippen molar-refractivity contribution in [2.75, 3.05) is 13.2 Å². The van der Waals surface area contributed by atoms with E-state index < -0.39 is 0 Å². The molecule has 2 rings (SSSR count). The van der Waals surface area contributed by atoms with Gasteiger partial charge in [-0.15, -0.1) is 0 Å². The molecule has 0 aromatic heterocycles. The Labute approximate surface area is 134 Å². The molecule has 0 saturated carbocycles. The van der Waals surface area contributed by atoms with Crippen LogP contribution in [0.3, 0.4) is 0 Å². The van der Waals surface area contributed by atoms with Crippen molar-refractivity contribution in [3.05, 3.63) is 64.7 Å². The van der Waals surface area contributed by atoms with Crippen molar-refractivity contribution < 1.29 is 14.6 Å². The minimum atomic E-state index is -0.344. The van der Waals surface area contributed by atoms with E-state index in [-0.39, 0.29) is 17.2 Å². The number of amides is 1. The molecular formula is C17H18ClNO3. The Morgan fingerprint density at radius 1 is 1.18 bits per heavy atom. The molecular weight excluding hydrogens is 302 g/mol. The molecule has 0 fully saturated rings. The lowest BCUT2D eigenvalue weighted by atomic mass is 10.2. The summed E-state index contributed by atoms with van der Waals surface area (Å²) in [5.74, 6) is -0.426. The summed E-state index contributed by atoms with van der Waals surface area (Å²) in [6.07, 6.45) is 0.694. The first kappa shape index (κ1) is 16.3. The number of hydrogen-bond acceptors (Lipinski definition) is 3. The van der Waals surface area contributed by atoms with Gasteiger partial charge in [0, 0.05) is 18.2 Å². The second-order valence-electron chi connectivity index (χ2n) is 4.81. The van der Waals surface area contributed by atoms with Gasteiger partial charge in [0.05, 0.1) is 12.2 Å². The first-order chi connectivity index (χ1) is 10.7. The molecule has 4 nitrogen and oxygen atoms in total. The summed E-state index contributed by atoms with van der Waals surface area (Å²) in [5, 5.41) is 12.8. The first-order valence-corrected chi connectivity index (χ1v) is 7.43. The number of carbonyl (C=O) groups excluding carboxylic acids is 1. The van der Waals surface area contributed by atoms with Crippen LogP contribution in [0.2, 0.25) is 5.02 Å². The molecule has 0 unspecified atom stereocenters. The summed E-state index contributed by atoms with van der Waals surface area (Å²) in [6, 6.07) is 14.3. The van der Waals surface area contributed by atoms with Gasteiger partial charge in [-0.05, 0) is 30.2 Å². The van der Waals surface area contributed by atoms with Crippen LogP contribution >= 0.6 is 11.6 Å². The average molecular weight is 320 g/mol. The minimum absolute atomic E-state index is 0.0813. The first-order valence-electron chi connectivity index (χ1n) is 7.05. The Bertz CT molecular complexity index is 617. The molecule has 2 aromatic carbocycles. The van der Waals surface area contributed by atoms with Crippen LogP contribution in [0.4, 0.5) is 0 Å². The van der Waals surface area contributed by atoms with Crippen molar-refractivity contribution in [3.63, 3.8) is 0 Å². The summed E-state index contributed by atoms with van der Waals surface area (Å²) < 4.78 is 5.53. The van der Waals surface area contributed by atoms with Gasteiger partial charge in [-0.25, -0.2) is 0 Å².